The molecule has 1 fully saturated rings. The van der Waals surface area contributed by atoms with Gasteiger partial charge in [-0.2, -0.15) is 0 Å². The van der Waals surface area contributed by atoms with E-state index in [-0.39, 0.29) is 0 Å². The molecular weight excluding hydrogens is 188 g/mol. The van der Waals surface area contributed by atoms with E-state index in [2.05, 4.69) is 10.3 Å². The van der Waals surface area contributed by atoms with E-state index < -0.39 is 0 Å². The summed E-state index contributed by atoms with van der Waals surface area (Å²) in [6, 6.07) is 1.79. The molecule has 70 valence electrons. The molecule has 0 radical (unpaired) electrons. The summed E-state index contributed by atoms with van der Waals surface area (Å²) in [5.41, 5.74) is 0. The highest BCUT2D eigenvalue weighted by Gasteiger charge is 2.23. The van der Waals surface area contributed by atoms with E-state index in [1.54, 1.807) is 19.3 Å². The number of anilines is 1. The van der Waals surface area contributed by atoms with Crippen LogP contribution < -0.4 is 10.1 Å². The molecule has 0 saturated heterocycles. The van der Waals surface area contributed by atoms with Crippen LogP contribution in [-0.4, -0.2) is 18.1 Å². The maximum absolute atomic E-state index is 5.93. The van der Waals surface area contributed by atoms with Crippen LogP contribution in [-0.2, 0) is 0 Å². The number of halogens is 1. The van der Waals surface area contributed by atoms with Crippen LogP contribution >= 0.6 is 11.6 Å². The molecule has 1 aromatic heterocycles. The topological polar surface area (TPSA) is 34.2 Å². The highest BCUT2D eigenvalue weighted by atomic mass is 35.5. The van der Waals surface area contributed by atoms with E-state index in [9.17, 15) is 0 Å². The lowest BCUT2D eigenvalue weighted by Gasteiger charge is -2.06. The average Bonchev–Trinajstić information content (AvgIpc) is 2.89. The summed E-state index contributed by atoms with van der Waals surface area (Å²) < 4.78 is 5.53. The van der Waals surface area contributed by atoms with Crippen LogP contribution in [0.3, 0.4) is 0 Å². The number of nitrogens with one attached hydrogen (secondary N) is 1. The number of pyridine rings is 1. The van der Waals surface area contributed by atoms with Gasteiger partial charge >= 0.3 is 0 Å². The number of hydrogen-bond acceptors (Lipinski definition) is 3. The van der Waals surface area contributed by atoms with Gasteiger partial charge in [0.2, 0.25) is 0 Å². The first-order chi connectivity index (χ1) is 6.29. The van der Waals surface area contributed by atoms with Gasteiger partial charge in [0.05, 0.1) is 17.3 Å². The van der Waals surface area contributed by atoms with Crippen molar-refractivity contribution in [1.29, 1.82) is 0 Å². The summed E-state index contributed by atoms with van der Waals surface area (Å²) in [7, 11) is 1.79. The number of rotatable bonds is 3. The van der Waals surface area contributed by atoms with Gasteiger partial charge in [-0.15, -0.1) is 0 Å². The molecule has 1 saturated carbocycles. The third kappa shape index (κ3) is 2.04. The lowest BCUT2D eigenvalue weighted by Crippen LogP contribution is -1.98. The number of hydrogen-bond donors (Lipinski definition) is 1. The molecule has 1 aromatic rings. The van der Waals surface area contributed by atoms with Crippen molar-refractivity contribution in [3.05, 3.63) is 17.3 Å². The highest BCUT2D eigenvalue weighted by molar-refractivity contribution is 6.33. The summed E-state index contributed by atoms with van der Waals surface area (Å²) in [4.78, 5) is 4.11. The highest BCUT2D eigenvalue weighted by Crippen LogP contribution is 2.29. The zero-order chi connectivity index (χ0) is 9.26. The summed E-state index contributed by atoms with van der Waals surface area (Å²) in [6.45, 7) is 0. The Balaban J connectivity index is 2.13. The van der Waals surface area contributed by atoms with Crippen LogP contribution in [0.2, 0.25) is 5.02 Å². The number of ether oxygens (including phenoxy) is 1. The third-order valence-electron chi connectivity index (χ3n) is 1.88. The standard InChI is InChI=1S/C9H11ClN2O/c1-11-9-8(10)4-7(5-12-9)13-6-2-3-6/h4-6H,2-3H2,1H3,(H,11,12). The first-order valence-electron chi connectivity index (χ1n) is 4.29. The molecule has 0 aromatic carbocycles. The van der Waals surface area contributed by atoms with Gasteiger partial charge in [0, 0.05) is 13.1 Å². The van der Waals surface area contributed by atoms with Gasteiger partial charge in [-0.25, -0.2) is 4.98 Å². The molecule has 1 aliphatic rings. The van der Waals surface area contributed by atoms with Crippen molar-refractivity contribution in [3.8, 4) is 5.75 Å². The second kappa shape index (κ2) is 3.42. The fourth-order valence-corrected chi connectivity index (χ4v) is 1.30. The minimum Gasteiger partial charge on any atom is -0.489 e. The molecule has 3 nitrogen and oxygen atoms in total. The van der Waals surface area contributed by atoms with E-state index in [4.69, 9.17) is 16.3 Å². The predicted molar refractivity (Wildman–Crippen MR) is 52.4 cm³/mol. The minimum absolute atomic E-state index is 0.387. The quantitative estimate of drug-likeness (QED) is 0.810. The van der Waals surface area contributed by atoms with E-state index in [1.807, 2.05) is 0 Å². The molecule has 0 spiro atoms. The van der Waals surface area contributed by atoms with Gasteiger partial charge in [0.15, 0.2) is 0 Å². The van der Waals surface area contributed by atoms with Crippen LogP contribution in [0.1, 0.15) is 12.8 Å². The van der Waals surface area contributed by atoms with Crippen molar-refractivity contribution in [2.45, 2.75) is 18.9 Å². The van der Waals surface area contributed by atoms with Gasteiger partial charge in [-0.3, -0.25) is 0 Å². The molecule has 1 aliphatic carbocycles. The Morgan fingerprint density at radius 3 is 2.92 bits per heavy atom. The molecule has 13 heavy (non-hydrogen) atoms. The molecule has 1 heterocycles. The molecule has 1 N–H and O–H groups in total. The second-order valence-electron chi connectivity index (χ2n) is 3.07. The summed E-state index contributed by atoms with van der Waals surface area (Å²) in [6.07, 6.45) is 4.37. The fourth-order valence-electron chi connectivity index (χ4n) is 1.05. The van der Waals surface area contributed by atoms with Crippen molar-refractivity contribution >= 4 is 17.4 Å². The van der Waals surface area contributed by atoms with Gasteiger partial charge in [-0.05, 0) is 12.8 Å². The Bertz CT molecular complexity index is 312. The monoisotopic (exact) mass is 198 g/mol. The molecule has 2 rings (SSSR count). The lowest BCUT2D eigenvalue weighted by atomic mass is 10.4. The van der Waals surface area contributed by atoms with E-state index >= 15 is 0 Å². The molecule has 0 atom stereocenters. The summed E-state index contributed by atoms with van der Waals surface area (Å²) >= 11 is 5.93. The first-order valence-corrected chi connectivity index (χ1v) is 4.67. The molecule has 4 heteroatoms. The fraction of sp³-hybridized carbons (Fsp3) is 0.444. The average molecular weight is 199 g/mol. The maximum atomic E-state index is 5.93. The summed E-state index contributed by atoms with van der Waals surface area (Å²) in [5, 5.41) is 3.49. The molecule has 0 aliphatic heterocycles. The van der Waals surface area contributed by atoms with Crippen LogP contribution in [0.15, 0.2) is 12.3 Å². The van der Waals surface area contributed by atoms with Crippen molar-refractivity contribution in [2.24, 2.45) is 0 Å². The smallest absolute Gasteiger partial charge is 0.144 e. The Morgan fingerprint density at radius 1 is 1.62 bits per heavy atom. The van der Waals surface area contributed by atoms with Crippen molar-refractivity contribution in [1.82, 2.24) is 4.98 Å². The Morgan fingerprint density at radius 2 is 2.38 bits per heavy atom. The summed E-state index contributed by atoms with van der Waals surface area (Å²) in [5.74, 6) is 1.44. The van der Waals surface area contributed by atoms with E-state index in [0.717, 1.165) is 18.6 Å². The van der Waals surface area contributed by atoms with Crippen molar-refractivity contribution < 1.29 is 4.74 Å². The van der Waals surface area contributed by atoms with Crippen molar-refractivity contribution in [3.63, 3.8) is 0 Å². The molecular formula is C9H11ClN2O. The SMILES string of the molecule is CNc1ncc(OC2CC2)cc1Cl. The van der Waals surface area contributed by atoms with Crippen LogP contribution in [0, 0.1) is 0 Å². The zero-order valence-electron chi connectivity index (χ0n) is 7.38. The molecule has 0 amide bonds. The Kier molecular flexibility index (Phi) is 2.27. The van der Waals surface area contributed by atoms with Crippen LogP contribution in [0.5, 0.6) is 5.75 Å². The van der Waals surface area contributed by atoms with Crippen LogP contribution in [0.25, 0.3) is 0 Å². The molecule has 0 unspecified atom stereocenters. The third-order valence-corrected chi connectivity index (χ3v) is 2.17. The van der Waals surface area contributed by atoms with Crippen LogP contribution in [0.4, 0.5) is 5.82 Å². The predicted octanol–water partition coefficient (Wildman–Crippen LogP) is 2.32. The normalized spacial score (nSPS) is 15.5. The maximum Gasteiger partial charge on any atom is 0.144 e. The molecule has 0 bridgehead atoms. The lowest BCUT2D eigenvalue weighted by molar-refractivity contribution is 0.302. The van der Waals surface area contributed by atoms with E-state index in [0.29, 0.717) is 16.9 Å². The second-order valence-corrected chi connectivity index (χ2v) is 3.48. The van der Waals surface area contributed by atoms with E-state index in [1.165, 1.54) is 0 Å². The first kappa shape index (κ1) is 8.63. The largest absolute Gasteiger partial charge is 0.489 e. The minimum atomic E-state index is 0.387. The van der Waals surface area contributed by atoms with Gasteiger partial charge in [0.25, 0.3) is 0 Å². The Hall–Kier alpha value is -0.960. The Labute approximate surface area is 82.1 Å². The number of aromatic nitrogens is 1. The van der Waals surface area contributed by atoms with Gasteiger partial charge in [-0.1, -0.05) is 11.6 Å². The van der Waals surface area contributed by atoms with Crippen molar-refractivity contribution in [2.75, 3.05) is 12.4 Å². The van der Waals surface area contributed by atoms with Gasteiger partial charge < -0.3 is 10.1 Å². The number of nitrogens with zero attached hydrogens (tertiary/aromatic N) is 1. The van der Waals surface area contributed by atoms with Gasteiger partial charge in [0.1, 0.15) is 11.6 Å². The zero-order valence-corrected chi connectivity index (χ0v) is 8.14.